The van der Waals surface area contributed by atoms with Crippen LogP contribution in [0.5, 0.6) is 86.4 Å². The summed E-state index contributed by atoms with van der Waals surface area (Å²) in [6, 6.07) is 67.0. The van der Waals surface area contributed by atoms with Gasteiger partial charge >= 0.3 is 0 Å². The number of phenolic OH excluding ortho intramolecular Hbond substituents is 5. The Morgan fingerprint density at radius 1 is 0.352 bits per heavy atom. The third-order valence-electron chi connectivity index (χ3n) is 20.4. The lowest BCUT2D eigenvalue weighted by Gasteiger charge is -2.34. The molecule has 3 aliphatic heterocycles. The zero-order valence-electron chi connectivity index (χ0n) is 68.2. The molecule has 3 aromatic heterocycles. The summed E-state index contributed by atoms with van der Waals surface area (Å²) in [5.41, 5.74) is 8.81. The minimum absolute atomic E-state index is 0.0366. The number of para-hydroxylation sites is 1. The lowest BCUT2D eigenvalue weighted by Crippen LogP contribution is -2.41. The number of aldehydes is 5. The van der Waals surface area contributed by atoms with Crippen LogP contribution in [0.1, 0.15) is 101 Å². The number of rotatable bonds is 29. The normalized spacial score (nSPS) is 14.3. The predicted molar refractivity (Wildman–Crippen MR) is 463 cm³/mol. The average molecular weight is 1650 g/mol. The summed E-state index contributed by atoms with van der Waals surface area (Å²) in [5, 5.41) is 48.7. The van der Waals surface area contributed by atoms with Crippen LogP contribution in [0.4, 0.5) is 17.1 Å². The number of aromatic hydroxyl groups is 5. The van der Waals surface area contributed by atoms with Crippen LogP contribution >= 0.6 is 0 Å². The maximum Gasteiger partial charge on any atom is 0.222 e. The lowest BCUT2D eigenvalue weighted by atomic mass is 10.1. The van der Waals surface area contributed by atoms with E-state index in [-0.39, 0.29) is 88.0 Å². The van der Waals surface area contributed by atoms with E-state index >= 15 is 0 Å². The molecule has 3 fully saturated rings. The van der Waals surface area contributed by atoms with E-state index in [1.807, 2.05) is 103 Å². The molecule has 0 saturated carbocycles. The zero-order valence-corrected chi connectivity index (χ0v) is 68.2. The van der Waals surface area contributed by atoms with Crippen molar-refractivity contribution in [2.45, 2.75) is 69.9 Å². The second-order valence-corrected chi connectivity index (χ2v) is 27.9. The topological polar surface area (TPSA) is 327 Å². The van der Waals surface area contributed by atoms with Gasteiger partial charge in [0.1, 0.15) is 113 Å². The third kappa shape index (κ3) is 22.9. The van der Waals surface area contributed by atoms with Crippen LogP contribution in [0.15, 0.2) is 243 Å². The van der Waals surface area contributed by atoms with E-state index < -0.39 is 0 Å². The van der Waals surface area contributed by atoms with Gasteiger partial charge in [0.25, 0.3) is 0 Å². The molecule has 1 unspecified atom stereocenters. The van der Waals surface area contributed by atoms with E-state index in [1.165, 1.54) is 30.3 Å². The molecule has 6 heterocycles. The maximum atomic E-state index is 11.2. The van der Waals surface area contributed by atoms with Crippen LogP contribution in [-0.2, 0) is 13.2 Å². The Kier molecular flexibility index (Phi) is 32.2. The molecule has 3 aliphatic rings. The highest BCUT2D eigenvalue weighted by Gasteiger charge is 2.29. The molecule has 12 aromatic rings. The van der Waals surface area contributed by atoms with Gasteiger partial charge in [0.2, 0.25) is 5.88 Å². The van der Waals surface area contributed by atoms with E-state index in [2.05, 4.69) is 47.9 Å². The SMILES string of the molecule is COc1cccc(N2CCCC(Oc3cccc(O)c3C=O)C2)c1.COc1cccc(N2CCC[C@H]2COc2cccc(O)c2C=O)c1.COc1cccc(N2CCC[C@H]2COc2cccc(O)c2C=O)c1.COc1ccccc1-c1ncccc1COc1cccc(O)c1C=O.COc1ncccc1-c1ncccc1COc1cccc(O)c1C=O. The van der Waals surface area contributed by atoms with E-state index in [0.29, 0.717) is 90.7 Å². The molecular formula is C96H96N6O20. The summed E-state index contributed by atoms with van der Waals surface area (Å²) in [7, 11) is 8.14. The number of phenols is 5. The van der Waals surface area contributed by atoms with Crippen molar-refractivity contribution in [1.82, 2.24) is 15.0 Å². The fourth-order valence-electron chi connectivity index (χ4n) is 14.2. The molecule has 630 valence electrons. The minimum Gasteiger partial charge on any atom is -0.507 e. The van der Waals surface area contributed by atoms with Crippen molar-refractivity contribution in [2.24, 2.45) is 0 Å². The van der Waals surface area contributed by atoms with Crippen molar-refractivity contribution in [3.63, 3.8) is 0 Å². The van der Waals surface area contributed by atoms with Gasteiger partial charge in [-0.15, -0.1) is 0 Å². The molecule has 9 aromatic carbocycles. The van der Waals surface area contributed by atoms with Gasteiger partial charge in [0.15, 0.2) is 31.4 Å². The molecule has 5 N–H and O–H groups in total. The molecule has 3 saturated heterocycles. The monoisotopic (exact) mass is 1650 g/mol. The highest BCUT2D eigenvalue weighted by molar-refractivity contribution is 5.86. The van der Waals surface area contributed by atoms with Crippen LogP contribution < -0.4 is 62.1 Å². The second kappa shape index (κ2) is 44.7. The summed E-state index contributed by atoms with van der Waals surface area (Å²) in [6.45, 7) is 4.89. The summed E-state index contributed by atoms with van der Waals surface area (Å²) < 4.78 is 55.8. The van der Waals surface area contributed by atoms with E-state index in [1.54, 1.807) is 127 Å². The summed E-state index contributed by atoms with van der Waals surface area (Å²) in [5.74, 6) is 5.18. The molecule has 0 aliphatic carbocycles. The van der Waals surface area contributed by atoms with Gasteiger partial charge in [0, 0.05) is 90.2 Å². The molecule has 0 amide bonds. The fourth-order valence-corrected chi connectivity index (χ4v) is 14.2. The minimum atomic E-state index is -0.118. The molecule has 3 atom stereocenters. The molecule has 0 radical (unpaired) electrons. The quantitative estimate of drug-likeness (QED) is 0.0272. The van der Waals surface area contributed by atoms with Crippen molar-refractivity contribution in [3.8, 4) is 109 Å². The number of hydrogen-bond donors (Lipinski definition) is 5. The van der Waals surface area contributed by atoms with Gasteiger partial charge in [-0.05, 0) is 172 Å². The number of methoxy groups -OCH3 is 5. The molecular weight excluding hydrogens is 1560 g/mol. The number of anilines is 3. The van der Waals surface area contributed by atoms with E-state index in [4.69, 9.17) is 47.4 Å². The van der Waals surface area contributed by atoms with Gasteiger partial charge in [-0.2, -0.15) is 0 Å². The van der Waals surface area contributed by atoms with E-state index in [9.17, 15) is 49.5 Å². The predicted octanol–water partition coefficient (Wildman–Crippen LogP) is 16.9. The molecule has 122 heavy (non-hydrogen) atoms. The number of piperidine rings is 1. The van der Waals surface area contributed by atoms with Gasteiger partial charge in [-0.1, -0.05) is 72.8 Å². The molecule has 26 heteroatoms. The Morgan fingerprint density at radius 3 is 1.16 bits per heavy atom. The van der Waals surface area contributed by atoms with Crippen LogP contribution in [-0.4, -0.2) is 165 Å². The number of hydrogen-bond acceptors (Lipinski definition) is 26. The lowest BCUT2D eigenvalue weighted by molar-refractivity contribution is 0.110. The van der Waals surface area contributed by atoms with Crippen LogP contribution in [0, 0.1) is 0 Å². The molecule has 0 spiro atoms. The smallest absolute Gasteiger partial charge is 0.222 e. The zero-order chi connectivity index (χ0) is 86.1. The van der Waals surface area contributed by atoms with Gasteiger partial charge in [0.05, 0.1) is 98.9 Å². The molecule has 26 nitrogen and oxygen atoms in total. The summed E-state index contributed by atoms with van der Waals surface area (Å²) in [4.78, 5) is 75.7. The van der Waals surface area contributed by atoms with Crippen LogP contribution in [0.2, 0.25) is 0 Å². The number of benzene rings is 9. The first-order valence-electron chi connectivity index (χ1n) is 39.4. The standard InChI is InChI=1S/C20H17NO4.C19H16N2O4.3C19H21NO4/c1-24-18-9-3-2-7-15(18)20-14(6-5-11-21-20)13-25-19-10-4-8-17(23)16(19)12-22;1-24-19-14(6-4-10-21-19)18-13(5-3-9-20-18)12-25-17-8-2-7-16(23)15(17)11-22;2*1-23-16-7-2-5-14(11-16)20-10-4-6-15(20)13-24-19-9-3-8-18(22)17(19)12-21;1-23-15-6-2-5-14(11-15)20-10-4-7-16(12-20)24-19-9-3-8-18(22)17(19)13-21/h2-12,23H,13H2,1H3;2-11,23H,12H2,1H3;2*2-3,5,7-9,11-12,15,22H,4,6,10,13H2,1H3;2-3,5-6,8-9,11,13,16,22H,4,7,10,12H2,1H3/t;;2*15-;/m..00./s1. The number of pyridine rings is 3. The highest BCUT2D eigenvalue weighted by atomic mass is 16.5. The van der Waals surface area contributed by atoms with Crippen molar-refractivity contribution in [2.75, 3.05) is 89.6 Å². The van der Waals surface area contributed by atoms with Crippen LogP contribution in [0.3, 0.4) is 0 Å². The van der Waals surface area contributed by atoms with Gasteiger partial charge < -0.3 is 87.6 Å². The van der Waals surface area contributed by atoms with Crippen molar-refractivity contribution >= 4 is 48.5 Å². The highest BCUT2D eigenvalue weighted by Crippen LogP contribution is 2.38. The molecule has 15 rings (SSSR count). The van der Waals surface area contributed by atoms with E-state index in [0.717, 1.165) is 127 Å². The van der Waals surface area contributed by atoms with Gasteiger partial charge in [-0.25, -0.2) is 4.98 Å². The first kappa shape index (κ1) is 88.0. The Hall–Kier alpha value is -14.8. The number of aromatic nitrogens is 3. The second-order valence-electron chi connectivity index (χ2n) is 27.9. The Morgan fingerprint density at radius 2 is 0.721 bits per heavy atom. The fraction of sp³-hybridized carbons (Fsp3) is 0.229. The van der Waals surface area contributed by atoms with Crippen molar-refractivity contribution < 1.29 is 96.9 Å². The maximum absolute atomic E-state index is 11.2. The number of ether oxygens (including phenoxy) is 10. The summed E-state index contributed by atoms with van der Waals surface area (Å²) in [6.07, 6.45) is 14.1. The Labute approximate surface area is 707 Å². The number of carbonyl (C=O) groups is 5. The Bertz CT molecular complexity index is 5210. The number of carbonyl (C=O) groups excluding carboxylic acids is 5. The van der Waals surface area contributed by atoms with Gasteiger partial charge in [-0.3, -0.25) is 33.9 Å². The van der Waals surface area contributed by atoms with Crippen molar-refractivity contribution in [3.05, 3.63) is 282 Å². The number of nitrogens with zero attached hydrogens (tertiary/aromatic N) is 6. The average Bonchev–Trinajstić information content (AvgIpc) is 1.19. The first-order valence-corrected chi connectivity index (χ1v) is 39.4. The first-order chi connectivity index (χ1) is 59.6. The Balaban J connectivity index is 0.000000149. The summed E-state index contributed by atoms with van der Waals surface area (Å²) >= 11 is 0. The van der Waals surface area contributed by atoms with Crippen LogP contribution in [0.25, 0.3) is 22.5 Å². The molecule has 0 bridgehead atoms. The third-order valence-corrected chi connectivity index (χ3v) is 20.4. The largest absolute Gasteiger partial charge is 0.507 e. The van der Waals surface area contributed by atoms with Crippen molar-refractivity contribution in [1.29, 1.82) is 0 Å².